The molecule has 0 aliphatic carbocycles. The van der Waals surface area contributed by atoms with Gasteiger partial charge in [-0.2, -0.15) is 0 Å². The number of benzene rings is 2. The molecule has 10 aliphatic heterocycles. The van der Waals surface area contributed by atoms with Gasteiger partial charge in [0.05, 0.1) is 23.0 Å². The number of likely N-dealkylation sites (N-methyl/N-ethyl adjacent to an activating group) is 2. The van der Waals surface area contributed by atoms with E-state index in [4.69, 9.17) is 0 Å². The van der Waals surface area contributed by atoms with Crippen molar-refractivity contribution in [3.8, 4) is 0 Å². The highest BCUT2D eigenvalue weighted by atomic mass is 33.1. The molecule has 4 amide bonds. The van der Waals surface area contributed by atoms with E-state index in [0.717, 1.165) is 43.2 Å². The summed E-state index contributed by atoms with van der Waals surface area (Å²) < 4.78 is 0. The average Bonchev–Trinajstić information content (AvgIpc) is 3.74. The van der Waals surface area contributed by atoms with Crippen LogP contribution in [-0.2, 0) is 30.0 Å². The highest BCUT2D eigenvalue weighted by Gasteiger charge is 2.93. The number of aliphatic hydroxyl groups is 4. The van der Waals surface area contributed by atoms with Crippen LogP contribution in [0.25, 0.3) is 0 Å². The molecule has 0 saturated carbocycles. The number of piperazine rings is 2. The molecule has 12 atom stereocenters. The second kappa shape index (κ2) is 9.20. The molecular formula is C32H32N6O8S4. The van der Waals surface area contributed by atoms with Crippen molar-refractivity contribution in [2.75, 3.05) is 24.7 Å². The number of nitrogens with zero attached hydrogens (tertiary/aromatic N) is 4. The van der Waals surface area contributed by atoms with Crippen LogP contribution in [0.5, 0.6) is 0 Å². The maximum absolute atomic E-state index is 15.0. The first kappa shape index (κ1) is 31.9. The van der Waals surface area contributed by atoms with Gasteiger partial charge in [-0.25, -0.2) is 0 Å². The van der Waals surface area contributed by atoms with Gasteiger partial charge in [-0.05, 0) is 80.3 Å². The zero-order chi connectivity index (χ0) is 35.3. The fourth-order valence-electron chi connectivity index (χ4n) is 10.6. The van der Waals surface area contributed by atoms with Crippen LogP contribution in [-0.4, -0.2) is 134 Å². The molecule has 8 fully saturated rings. The van der Waals surface area contributed by atoms with Gasteiger partial charge in [0.1, 0.15) is 24.5 Å². The molecule has 10 aliphatic rings. The van der Waals surface area contributed by atoms with Crippen LogP contribution in [0.3, 0.4) is 0 Å². The topological polar surface area (TPSA) is 186 Å². The van der Waals surface area contributed by atoms with E-state index in [-0.39, 0.29) is 0 Å². The van der Waals surface area contributed by atoms with E-state index in [1.165, 1.54) is 47.5 Å². The molecule has 2 spiro atoms. The largest absolute Gasteiger partial charge is 0.389 e. The number of para-hydroxylation sites is 2. The second-order valence-corrected chi connectivity index (χ2v) is 19.4. The fraction of sp³-hybridized carbons (Fsp3) is 0.500. The number of amides is 4. The third-order valence-corrected chi connectivity index (χ3v) is 20.2. The van der Waals surface area contributed by atoms with Crippen LogP contribution >= 0.6 is 43.2 Å². The van der Waals surface area contributed by atoms with Gasteiger partial charge in [-0.3, -0.25) is 29.0 Å². The van der Waals surface area contributed by atoms with E-state index in [2.05, 4.69) is 10.6 Å². The van der Waals surface area contributed by atoms with E-state index in [1.54, 1.807) is 48.5 Å². The van der Waals surface area contributed by atoms with Crippen LogP contribution in [0.4, 0.5) is 11.4 Å². The zero-order valence-corrected chi connectivity index (χ0v) is 30.2. The molecule has 50 heavy (non-hydrogen) atoms. The lowest BCUT2D eigenvalue weighted by Crippen LogP contribution is -2.80. The summed E-state index contributed by atoms with van der Waals surface area (Å²) in [7, 11) is 6.94. The van der Waals surface area contributed by atoms with Gasteiger partial charge in [0, 0.05) is 25.5 Å². The Bertz CT molecular complexity index is 1870. The molecule has 14 nitrogen and oxygen atoms in total. The summed E-state index contributed by atoms with van der Waals surface area (Å²) >= 11 is 0. The normalized spacial score (nSPS) is 45.5. The predicted molar refractivity (Wildman–Crippen MR) is 187 cm³/mol. The Balaban J connectivity index is 1.33. The number of hydrogen-bond acceptors (Lipinski definition) is 14. The number of nitrogens with one attached hydrogen (secondary N) is 2. The SMILES string of the molecule is C[C@@H](O)[C@]12SS[C@@]3(C(=O)N1C)[C@H](O)C1([C@]45c6ccccc6N[C@H]4N4C(=O)[C@@]6([C@@H](C)O)SS[C@@]4(C(=O)N6C)[C@@H]5O)c4ccccc4N[C@H]1N3C2=O. The third-order valence-electron chi connectivity index (χ3n) is 12.7. The summed E-state index contributed by atoms with van der Waals surface area (Å²) in [5, 5.41) is 56.0. The van der Waals surface area contributed by atoms with E-state index in [1.807, 2.05) is 0 Å². The van der Waals surface area contributed by atoms with Crippen molar-refractivity contribution >= 4 is 78.2 Å². The molecule has 18 heteroatoms. The van der Waals surface area contributed by atoms with Gasteiger partial charge in [0.2, 0.25) is 19.5 Å². The first-order valence-electron chi connectivity index (χ1n) is 16.1. The molecule has 10 heterocycles. The van der Waals surface area contributed by atoms with Crippen molar-refractivity contribution in [3.05, 3.63) is 59.7 Å². The first-order valence-corrected chi connectivity index (χ1v) is 20.4. The minimum absolute atomic E-state index is 0.495. The van der Waals surface area contributed by atoms with Crippen molar-refractivity contribution < 1.29 is 39.6 Å². The predicted octanol–water partition coefficient (Wildman–Crippen LogP) is 0.0526. The summed E-state index contributed by atoms with van der Waals surface area (Å²) in [5.74, 6) is -2.37. The molecule has 12 rings (SSSR count). The van der Waals surface area contributed by atoms with E-state index in [0.29, 0.717) is 22.5 Å². The first-order chi connectivity index (χ1) is 23.7. The average molecular weight is 757 g/mol. The summed E-state index contributed by atoms with van der Waals surface area (Å²) in [5.41, 5.74) is -1.52. The number of rotatable bonds is 3. The third kappa shape index (κ3) is 2.65. The van der Waals surface area contributed by atoms with Crippen molar-refractivity contribution in [2.45, 2.75) is 80.9 Å². The maximum Gasteiger partial charge on any atom is 0.266 e. The summed E-state index contributed by atoms with van der Waals surface area (Å²) in [6.07, 6.45) is -8.45. The van der Waals surface area contributed by atoms with Gasteiger partial charge < -0.3 is 40.9 Å². The lowest BCUT2D eigenvalue weighted by molar-refractivity contribution is -0.172. The summed E-state index contributed by atoms with van der Waals surface area (Å²) in [4.78, 5) is 57.4. The van der Waals surface area contributed by atoms with Crippen LogP contribution in [0, 0.1) is 0 Å². The van der Waals surface area contributed by atoms with Crippen molar-refractivity contribution in [1.82, 2.24) is 19.6 Å². The summed E-state index contributed by atoms with van der Waals surface area (Å²) in [6, 6.07) is 14.3. The number of hydrogen-bond donors (Lipinski definition) is 6. The molecule has 4 bridgehead atoms. The second-order valence-electron chi connectivity index (χ2n) is 14.3. The Morgan fingerprint density at radius 2 is 0.980 bits per heavy atom. The van der Waals surface area contributed by atoms with Gasteiger partial charge in [0.25, 0.3) is 23.6 Å². The van der Waals surface area contributed by atoms with Gasteiger partial charge in [-0.15, -0.1) is 0 Å². The van der Waals surface area contributed by atoms with Crippen LogP contribution in [0.15, 0.2) is 48.5 Å². The van der Waals surface area contributed by atoms with Crippen LogP contribution in [0.2, 0.25) is 0 Å². The molecule has 1 unspecified atom stereocenters. The molecule has 2 aromatic carbocycles. The van der Waals surface area contributed by atoms with Crippen LogP contribution < -0.4 is 10.6 Å². The number of anilines is 2. The monoisotopic (exact) mass is 756 g/mol. The molecule has 0 radical (unpaired) electrons. The van der Waals surface area contributed by atoms with Crippen molar-refractivity contribution in [1.29, 1.82) is 0 Å². The molecular weight excluding hydrogens is 725 g/mol. The highest BCUT2D eigenvalue weighted by Crippen LogP contribution is 2.78. The Morgan fingerprint density at radius 1 is 0.620 bits per heavy atom. The van der Waals surface area contributed by atoms with Gasteiger partial charge >= 0.3 is 0 Å². The maximum atomic E-state index is 15.0. The van der Waals surface area contributed by atoms with Gasteiger partial charge in [-0.1, -0.05) is 36.4 Å². The minimum atomic E-state index is -1.93. The molecule has 2 aromatic rings. The number of fused-ring (bicyclic) bond motifs is 11. The lowest BCUT2D eigenvalue weighted by atomic mass is 9.52. The number of carbonyl (C=O) groups is 4. The van der Waals surface area contributed by atoms with Crippen LogP contribution in [0.1, 0.15) is 25.0 Å². The number of aliphatic hydroxyl groups excluding tert-OH is 4. The summed E-state index contributed by atoms with van der Waals surface area (Å²) in [6.45, 7) is 2.90. The van der Waals surface area contributed by atoms with E-state index >= 15 is 0 Å². The Kier molecular flexibility index (Phi) is 5.86. The van der Waals surface area contributed by atoms with E-state index < -0.39 is 90.7 Å². The van der Waals surface area contributed by atoms with Crippen molar-refractivity contribution in [2.24, 2.45) is 0 Å². The molecule has 8 saturated heterocycles. The minimum Gasteiger partial charge on any atom is -0.389 e. The van der Waals surface area contributed by atoms with Gasteiger partial charge in [0.15, 0.2) is 0 Å². The van der Waals surface area contributed by atoms with E-state index in [9.17, 15) is 39.6 Å². The lowest BCUT2D eigenvalue weighted by Gasteiger charge is -2.59. The fourth-order valence-corrected chi connectivity index (χ4v) is 18.6. The smallest absolute Gasteiger partial charge is 0.266 e. The molecule has 0 aromatic heterocycles. The zero-order valence-electron chi connectivity index (χ0n) is 26.9. The molecule has 6 N–H and O–H groups in total. The highest BCUT2D eigenvalue weighted by molar-refractivity contribution is 8.78. The Labute approximate surface area is 301 Å². The Morgan fingerprint density at radius 3 is 1.34 bits per heavy atom. The van der Waals surface area contributed by atoms with Crippen molar-refractivity contribution in [3.63, 3.8) is 0 Å². The standard InChI is InChI=1S/C32H32N6O8S4/c1-13(39)29-25(45)37-21-27(15-9-5-7-11-17(15)33-21,19(41)31(37,49-47-29)23(43)35(29)3)28-16-10-6-8-12-18(16)34-22(28)38-26(46)30(14(2)40)36(4)24(44)32(38,20(28)42)50-48-30/h5-14,19-22,33-34,39-42H,1-4H3/t13-,14-,19-,20-,21+,22+,27+,28?,29-,30-,31-,32-/m1/s1. The number of carbonyl (C=O) groups excluding carboxylic acids is 4. The quantitative estimate of drug-likeness (QED) is 0.231. The Hall–Kier alpha value is -2.84. The molecule has 262 valence electrons.